The molecule has 2 heterocycles. The Hall–Kier alpha value is -1.22. The Morgan fingerprint density at radius 2 is 1.00 bits per heavy atom. The molecule has 210 valence electrons. The number of hydrogen-bond acceptors (Lipinski definition) is 6. The van der Waals surface area contributed by atoms with Gasteiger partial charge >= 0.3 is 11.9 Å². The second-order valence-corrected chi connectivity index (χ2v) is 14.1. The third-order valence-electron chi connectivity index (χ3n) is 9.11. The van der Waals surface area contributed by atoms with Crippen LogP contribution in [0.4, 0.5) is 0 Å². The maximum absolute atomic E-state index is 13.5. The van der Waals surface area contributed by atoms with Gasteiger partial charge in [0.1, 0.15) is 0 Å². The summed E-state index contributed by atoms with van der Waals surface area (Å²) in [6.07, 6.45) is 7.05. The third-order valence-corrected chi connectivity index (χ3v) is 9.11. The lowest BCUT2D eigenvalue weighted by Gasteiger charge is -2.60. The van der Waals surface area contributed by atoms with Gasteiger partial charge in [-0.15, -0.1) is 0 Å². The number of nitrogens with zero attached hydrogens (tertiary/aromatic N) is 2. The van der Waals surface area contributed by atoms with Crippen molar-refractivity contribution in [1.82, 2.24) is 10.1 Å². The summed E-state index contributed by atoms with van der Waals surface area (Å²) in [5, 5.41) is 44.6. The maximum Gasteiger partial charge on any atom is 0.310 e. The second kappa shape index (κ2) is 10.9. The second-order valence-electron chi connectivity index (χ2n) is 14.1. The van der Waals surface area contributed by atoms with E-state index in [1.807, 2.05) is 55.4 Å². The van der Waals surface area contributed by atoms with E-state index in [0.717, 1.165) is 25.7 Å². The van der Waals surface area contributed by atoms with Gasteiger partial charge < -0.3 is 20.6 Å². The lowest BCUT2D eigenvalue weighted by Crippen LogP contribution is -2.66. The average molecular weight is 513 g/mol. The molecule has 0 aromatic carbocycles. The molecule has 2 fully saturated rings. The molecule has 2 saturated heterocycles. The zero-order chi connectivity index (χ0) is 27.7. The van der Waals surface area contributed by atoms with E-state index in [9.17, 15) is 25.1 Å². The van der Waals surface area contributed by atoms with E-state index in [-0.39, 0.29) is 18.3 Å². The summed E-state index contributed by atoms with van der Waals surface area (Å²) in [5.41, 5.74) is -3.23. The minimum absolute atomic E-state index is 0.128. The first-order valence-electron chi connectivity index (χ1n) is 13.7. The average Bonchev–Trinajstić information content (AvgIpc) is 2.70. The fraction of sp³-hybridized carbons (Fsp3) is 0.929. The monoisotopic (exact) mass is 512 g/mol. The fourth-order valence-corrected chi connectivity index (χ4v) is 7.69. The van der Waals surface area contributed by atoms with Crippen molar-refractivity contribution in [2.75, 3.05) is 0 Å². The van der Waals surface area contributed by atoms with Crippen LogP contribution in [0.5, 0.6) is 0 Å². The molecule has 0 atom stereocenters. The van der Waals surface area contributed by atoms with Crippen LogP contribution in [-0.4, -0.2) is 64.8 Å². The molecule has 2 aliphatic heterocycles. The van der Waals surface area contributed by atoms with Crippen LogP contribution < -0.4 is 0 Å². The Kier molecular flexibility index (Phi) is 9.36. The molecule has 0 bridgehead atoms. The summed E-state index contributed by atoms with van der Waals surface area (Å²) >= 11 is 0. The van der Waals surface area contributed by atoms with Crippen LogP contribution >= 0.6 is 0 Å². The molecule has 36 heavy (non-hydrogen) atoms. The molecular formula is C28H52N2O6. The van der Waals surface area contributed by atoms with E-state index in [2.05, 4.69) is 0 Å². The van der Waals surface area contributed by atoms with Gasteiger partial charge in [-0.1, -0.05) is 25.7 Å². The number of hydrogen-bond donors (Lipinski definition) is 4. The van der Waals surface area contributed by atoms with Crippen LogP contribution in [0.2, 0.25) is 0 Å². The number of rotatable bonds is 11. The molecule has 0 amide bonds. The van der Waals surface area contributed by atoms with Crippen LogP contribution in [0, 0.1) is 17.3 Å². The SMILES string of the molecule is CC1(C)CC(C(CCCCCCCC(=O)O)(C(=O)O)C2CC(C)(C)N(O)C(C)(C)C2)CC(C)(C)N1O. The van der Waals surface area contributed by atoms with Crippen LogP contribution in [0.25, 0.3) is 0 Å². The van der Waals surface area contributed by atoms with Crippen molar-refractivity contribution in [2.45, 2.75) is 148 Å². The molecule has 0 aromatic rings. The third kappa shape index (κ3) is 6.43. The Labute approximate surface area is 218 Å². The molecule has 2 rings (SSSR count). The Morgan fingerprint density at radius 1 is 0.667 bits per heavy atom. The molecule has 2 aliphatic rings. The van der Waals surface area contributed by atoms with Crippen LogP contribution in [-0.2, 0) is 9.59 Å². The number of aliphatic carboxylic acids is 2. The van der Waals surface area contributed by atoms with E-state index in [4.69, 9.17) is 5.11 Å². The molecule has 0 spiro atoms. The first kappa shape index (κ1) is 31.0. The molecule has 8 heteroatoms. The highest BCUT2D eigenvalue weighted by Crippen LogP contribution is 2.58. The van der Waals surface area contributed by atoms with Gasteiger partial charge in [0.2, 0.25) is 0 Å². The topological polar surface area (TPSA) is 122 Å². The molecule has 8 nitrogen and oxygen atoms in total. The number of carbonyl (C=O) groups is 2. The van der Waals surface area contributed by atoms with E-state index in [1.165, 1.54) is 10.1 Å². The van der Waals surface area contributed by atoms with Gasteiger partial charge in [-0.3, -0.25) is 9.59 Å². The van der Waals surface area contributed by atoms with Crippen molar-refractivity contribution < 1.29 is 30.2 Å². The summed E-state index contributed by atoms with van der Waals surface area (Å²) in [6.45, 7) is 15.9. The standard InChI is InChI=1S/C28H52N2O6/c1-24(2)16-20(17-25(3,4)29(24)35)28(23(33)34,15-13-11-9-10-12-14-22(31)32)21-18-26(5,6)30(36)27(7,8)19-21/h20-21,35-36H,9-19H2,1-8H3,(H,31,32)(H,33,34). The predicted molar refractivity (Wildman–Crippen MR) is 139 cm³/mol. The minimum Gasteiger partial charge on any atom is -0.481 e. The van der Waals surface area contributed by atoms with Gasteiger partial charge in [-0.05, 0) is 106 Å². The van der Waals surface area contributed by atoms with Crippen LogP contribution in [0.15, 0.2) is 0 Å². The summed E-state index contributed by atoms with van der Waals surface area (Å²) in [7, 11) is 0. The number of piperidine rings is 2. The number of hydroxylamine groups is 4. The van der Waals surface area contributed by atoms with Crippen molar-refractivity contribution in [3.63, 3.8) is 0 Å². The summed E-state index contributed by atoms with van der Waals surface area (Å²) < 4.78 is 0. The summed E-state index contributed by atoms with van der Waals surface area (Å²) in [5.74, 6) is -1.80. The first-order chi connectivity index (χ1) is 16.3. The van der Waals surface area contributed by atoms with E-state index >= 15 is 0 Å². The summed E-state index contributed by atoms with van der Waals surface area (Å²) in [4.78, 5) is 24.2. The van der Waals surface area contributed by atoms with Gasteiger partial charge in [-0.25, -0.2) is 0 Å². The number of carboxylic acids is 2. The molecule has 0 unspecified atom stereocenters. The number of unbranched alkanes of at least 4 members (excludes halogenated alkanes) is 4. The lowest BCUT2D eigenvalue weighted by molar-refractivity contribution is -0.276. The van der Waals surface area contributed by atoms with Crippen molar-refractivity contribution in [2.24, 2.45) is 17.3 Å². The summed E-state index contributed by atoms with van der Waals surface area (Å²) in [6, 6.07) is 0. The number of carboxylic acid groups (broad SMARTS) is 2. The van der Waals surface area contributed by atoms with Gasteiger partial charge in [0.05, 0.1) is 5.41 Å². The maximum atomic E-state index is 13.5. The van der Waals surface area contributed by atoms with Gasteiger partial charge in [0, 0.05) is 28.6 Å². The van der Waals surface area contributed by atoms with E-state index < -0.39 is 39.5 Å². The zero-order valence-electron chi connectivity index (χ0n) is 23.9. The van der Waals surface area contributed by atoms with Gasteiger partial charge in [0.15, 0.2) is 0 Å². The van der Waals surface area contributed by atoms with Crippen molar-refractivity contribution in [1.29, 1.82) is 0 Å². The smallest absolute Gasteiger partial charge is 0.310 e. The molecular weight excluding hydrogens is 460 g/mol. The van der Waals surface area contributed by atoms with Crippen LogP contribution in [0.1, 0.15) is 126 Å². The molecule has 0 radical (unpaired) electrons. The Balaban J connectivity index is 2.42. The van der Waals surface area contributed by atoms with E-state index in [0.29, 0.717) is 38.5 Å². The van der Waals surface area contributed by atoms with Gasteiger partial charge in [-0.2, -0.15) is 10.1 Å². The van der Waals surface area contributed by atoms with Crippen molar-refractivity contribution in [3.8, 4) is 0 Å². The highest BCUT2D eigenvalue weighted by Gasteiger charge is 2.61. The quantitative estimate of drug-likeness (QED) is 0.242. The molecule has 0 saturated carbocycles. The molecule has 0 aliphatic carbocycles. The molecule has 0 aromatic heterocycles. The van der Waals surface area contributed by atoms with Gasteiger partial charge in [0.25, 0.3) is 0 Å². The predicted octanol–water partition coefficient (Wildman–Crippen LogP) is 6.19. The Bertz CT molecular complexity index is 713. The fourth-order valence-electron chi connectivity index (χ4n) is 7.69. The highest BCUT2D eigenvalue weighted by molar-refractivity contribution is 5.76. The zero-order valence-corrected chi connectivity index (χ0v) is 23.9. The largest absolute Gasteiger partial charge is 0.481 e. The van der Waals surface area contributed by atoms with Crippen molar-refractivity contribution in [3.05, 3.63) is 0 Å². The normalized spacial score (nSPS) is 25.1. The van der Waals surface area contributed by atoms with Crippen LogP contribution in [0.3, 0.4) is 0 Å². The Morgan fingerprint density at radius 3 is 1.33 bits per heavy atom. The van der Waals surface area contributed by atoms with Crippen molar-refractivity contribution >= 4 is 11.9 Å². The molecule has 4 N–H and O–H groups in total. The highest BCUT2D eigenvalue weighted by atomic mass is 16.5. The van der Waals surface area contributed by atoms with E-state index in [1.54, 1.807) is 0 Å². The lowest BCUT2D eigenvalue weighted by atomic mass is 9.52. The minimum atomic E-state index is -0.979. The first-order valence-corrected chi connectivity index (χ1v) is 13.7.